The molecular formula is C18H27F3N4. The molecule has 7 heteroatoms. The van der Waals surface area contributed by atoms with Gasteiger partial charge in [0, 0.05) is 25.2 Å². The molecule has 1 aliphatic heterocycles. The summed E-state index contributed by atoms with van der Waals surface area (Å²) < 4.78 is 38.4. The van der Waals surface area contributed by atoms with E-state index in [4.69, 9.17) is 5.73 Å². The second-order valence-corrected chi connectivity index (χ2v) is 7.36. The number of nitrogens with one attached hydrogen (secondary N) is 1. The highest BCUT2D eigenvalue weighted by Crippen LogP contribution is 2.35. The average molecular weight is 356 g/mol. The fraction of sp³-hybridized carbons (Fsp3) is 0.722. The highest BCUT2D eigenvalue weighted by molar-refractivity contribution is 5.54. The number of halogens is 3. The van der Waals surface area contributed by atoms with Crippen LogP contribution in [-0.2, 0) is 0 Å². The first-order valence-corrected chi connectivity index (χ1v) is 9.14. The minimum Gasteiger partial charge on any atom is -0.381 e. The van der Waals surface area contributed by atoms with Crippen LogP contribution < -0.4 is 16.0 Å². The van der Waals surface area contributed by atoms with Crippen molar-refractivity contribution >= 4 is 11.5 Å². The number of hydrogen-bond donors (Lipinski definition) is 2. The van der Waals surface area contributed by atoms with Gasteiger partial charge in [-0.1, -0.05) is 0 Å². The maximum absolute atomic E-state index is 12.8. The minimum atomic E-state index is -4.08. The standard InChI is InChI=1S/C18H27F3N4/c1-12-16(24-15-4-2-14(22)3-5-15)6-7-17(23-12)25-10-8-13(9-11-25)18(19,20)21/h6-7,13-15,24H,2-5,8-11,22H2,1H3. The van der Waals surface area contributed by atoms with Crippen molar-refractivity contribution in [3.8, 4) is 0 Å². The van der Waals surface area contributed by atoms with E-state index < -0.39 is 12.1 Å². The van der Waals surface area contributed by atoms with Gasteiger partial charge in [-0.3, -0.25) is 0 Å². The topological polar surface area (TPSA) is 54.2 Å². The highest BCUT2D eigenvalue weighted by atomic mass is 19.4. The smallest absolute Gasteiger partial charge is 0.381 e. The highest BCUT2D eigenvalue weighted by Gasteiger charge is 2.41. The number of anilines is 2. The molecule has 1 saturated heterocycles. The lowest BCUT2D eigenvalue weighted by atomic mass is 9.91. The zero-order valence-corrected chi connectivity index (χ0v) is 14.6. The molecule has 2 aliphatic rings. The van der Waals surface area contributed by atoms with Gasteiger partial charge in [-0.05, 0) is 57.6 Å². The van der Waals surface area contributed by atoms with Crippen LogP contribution in [0.3, 0.4) is 0 Å². The van der Waals surface area contributed by atoms with Crippen LogP contribution in [-0.4, -0.2) is 36.3 Å². The van der Waals surface area contributed by atoms with Crippen LogP contribution in [0.4, 0.5) is 24.7 Å². The predicted molar refractivity (Wildman–Crippen MR) is 93.8 cm³/mol. The molecule has 25 heavy (non-hydrogen) atoms. The number of nitrogens with two attached hydrogens (primary N) is 1. The Morgan fingerprint density at radius 1 is 1.08 bits per heavy atom. The average Bonchev–Trinajstić information content (AvgIpc) is 2.58. The summed E-state index contributed by atoms with van der Waals surface area (Å²) in [7, 11) is 0. The van der Waals surface area contributed by atoms with Gasteiger partial charge in [0.05, 0.1) is 17.3 Å². The predicted octanol–water partition coefficient (Wildman–Crippen LogP) is 3.85. The van der Waals surface area contributed by atoms with E-state index in [0.29, 0.717) is 25.2 Å². The van der Waals surface area contributed by atoms with Crippen LogP contribution in [0, 0.1) is 12.8 Å². The van der Waals surface area contributed by atoms with Gasteiger partial charge in [0.1, 0.15) is 5.82 Å². The van der Waals surface area contributed by atoms with Crippen LogP contribution >= 0.6 is 0 Å². The minimum absolute atomic E-state index is 0.145. The van der Waals surface area contributed by atoms with Crippen molar-refractivity contribution in [3.05, 3.63) is 17.8 Å². The number of rotatable bonds is 3. The molecule has 140 valence electrons. The second kappa shape index (κ2) is 7.40. The summed E-state index contributed by atoms with van der Waals surface area (Å²) in [4.78, 5) is 6.58. The summed E-state index contributed by atoms with van der Waals surface area (Å²) in [6, 6.07) is 4.66. The number of aryl methyl sites for hydroxylation is 1. The van der Waals surface area contributed by atoms with Gasteiger partial charge < -0.3 is 16.0 Å². The lowest BCUT2D eigenvalue weighted by molar-refractivity contribution is -0.179. The Kier molecular flexibility index (Phi) is 5.41. The van der Waals surface area contributed by atoms with E-state index in [2.05, 4.69) is 10.3 Å². The molecule has 1 aliphatic carbocycles. The molecule has 2 fully saturated rings. The molecule has 1 saturated carbocycles. The lowest BCUT2D eigenvalue weighted by Gasteiger charge is -2.34. The zero-order valence-electron chi connectivity index (χ0n) is 14.6. The lowest BCUT2D eigenvalue weighted by Crippen LogP contribution is -2.39. The van der Waals surface area contributed by atoms with Crippen LogP contribution in [0.2, 0.25) is 0 Å². The molecule has 0 atom stereocenters. The number of piperidine rings is 1. The van der Waals surface area contributed by atoms with Gasteiger partial charge in [0.25, 0.3) is 0 Å². The fourth-order valence-electron chi connectivity index (χ4n) is 3.80. The third-order valence-electron chi connectivity index (χ3n) is 5.48. The zero-order chi connectivity index (χ0) is 18.0. The summed E-state index contributed by atoms with van der Waals surface area (Å²) in [6.45, 7) is 2.76. The maximum atomic E-state index is 12.8. The monoisotopic (exact) mass is 356 g/mol. The van der Waals surface area contributed by atoms with E-state index in [0.717, 1.165) is 42.9 Å². The molecule has 3 N–H and O–H groups in total. The second-order valence-electron chi connectivity index (χ2n) is 7.36. The Bertz CT molecular complexity index is 574. The van der Waals surface area contributed by atoms with Gasteiger partial charge in [-0.2, -0.15) is 13.2 Å². The number of hydrogen-bond acceptors (Lipinski definition) is 4. The normalized spacial score (nSPS) is 25.9. The molecule has 3 rings (SSSR count). The number of alkyl halides is 3. The first-order chi connectivity index (χ1) is 11.8. The molecule has 0 bridgehead atoms. The summed E-state index contributed by atoms with van der Waals surface area (Å²) in [5.74, 6) is -0.405. The van der Waals surface area contributed by atoms with Crippen molar-refractivity contribution in [1.82, 2.24) is 4.98 Å². The largest absolute Gasteiger partial charge is 0.391 e. The number of pyridine rings is 1. The van der Waals surface area contributed by atoms with Gasteiger partial charge in [0.2, 0.25) is 0 Å². The van der Waals surface area contributed by atoms with Crippen LogP contribution in [0.15, 0.2) is 12.1 Å². The SMILES string of the molecule is Cc1nc(N2CCC(C(F)(F)F)CC2)ccc1NC1CCC(N)CC1. The van der Waals surface area contributed by atoms with E-state index in [9.17, 15) is 13.2 Å². The van der Waals surface area contributed by atoms with Gasteiger partial charge >= 0.3 is 6.18 Å². The van der Waals surface area contributed by atoms with Crippen LogP contribution in [0.25, 0.3) is 0 Å². The van der Waals surface area contributed by atoms with Crippen molar-refractivity contribution in [2.45, 2.75) is 63.7 Å². The molecule has 1 aromatic rings. The third-order valence-corrected chi connectivity index (χ3v) is 5.48. The molecule has 0 radical (unpaired) electrons. The molecule has 0 spiro atoms. The van der Waals surface area contributed by atoms with E-state index in [1.807, 2.05) is 24.0 Å². The third kappa shape index (κ3) is 4.57. The Balaban J connectivity index is 1.59. The number of nitrogens with zero attached hydrogens (tertiary/aromatic N) is 2. The maximum Gasteiger partial charge on any atom is 0.391 e. The van der Waals surface area contributed by atoms with Crippen molar-refractivity contribution in [1.29, 1.82) is 0 Å². The first-order valence-electron chi connectivity index (χ1n) is 9.14. The molecule has 4 nitrogen and oxygen atoms in total. The van der Waals surface area contributed by atoms with Gasteiger partial charge in [0.15, 0.2) is 0 Å². The van der Waals surface area contributed by atoms with Crippen molar-refractivity contribution < 1.29 is 13.2 Å². The summed E-state index contributed by atoms with van der Waals surface area (Å²) in [6.07, 6.45) is 0.415. The molecular weight excluding hydrogens is 329 g/mol. The Morgan fingerprint density at radius 2 is 1.72 bits per heavy atom. The van der Waals surface area contributed by atoms with E-state index in [1.54, 1.807) is 0 Å². The molecule has 2 heterocycles. The van der Waals surface area contributed by atoms with Gasteiger partial charge in [-0.25, -0.2) is 4.98 Å². The van der Waals surface area contributed by atoms with E-state index in [1.165, 1.54) is 0 Å². The Morgan fingerprint density at radius 3 is 2.28 bits per heavy atom. The van der Waals surface area contributed by atoms with E-state index in [-0.39, 0.29) is 12.8 Å². The van der Waals surface area contributed by atoms with Crippen molar-refractivity contribution in [2.24, 2.45) is 11.7 Å². The van der Waals surface area contributed by atoms with Crippen molar-refractivity contribution in [3.63, 3.8) is 0 Å². The van der Waals surface area contributed by atoms with Gasteiger partial charge in [-0.15, -0.1) is 0 Å². The Labute approximate surface area is 147 Å². The fourth-order valence-corrected chi connectivity index (χ4v) is 3.80. The quantitative estimate of drug-likeness (QED) is 0.864. The first kappa shape index (κ1) is 18.3. The molecule has 1 aromatic heterocycles. The van der Waals surface area contributed by atoms with E-state index >= 15 is 0 Å². The van der Waals surface area contributed by atoms with Crippen LogP contribution in [0.5, 0.6) is 0 Å². The van der Waals surface area contributed by atoms with Crippen molar-refractivity contribution in [2.75, 3.05) is 23.3 Å². The summed E-state index contributed by atoms with van der Waals surface area (Å²) in [5.41, 5.74) is 7.85. The van der Waals surface area contributed by atoms with Crippen LogP contribution in [0.1, 0.15) is 44.2 Å². The number of aromatic nitrogens is 1. The molecule has 0 amide bonds. The Hall–Kier alpha value is -1.50. The molecule has 0 unspecified atom stereocenters. The summed E-state index contributed by atoms with van der Waals surface area (Å²) >= 11 is 0. The molecule has 0 aromatic carbocycles. The summed E-state index contributed by atoms with van der Waals surface area (Å²) in [5, 5.41) is 3.54.